The SMILES string of the molecule is CS(=O)(=O)N1CC=C(c2cc3c(cn2)O[C@H](C2CCN(c4ncc(Cl)cn4)CC2)C3)CC1. The molecule has 8 nitrogen and oxygen atoms in total. The molecule has 2 aromatic heterocycles. The van der Waals surface area contributed by atoms with Gasteiger partial charge in [-0.2, -0.15) is 4.31 Å². The van der Waals surface area contributed by atoms with E-state index in [1.54, 1.807) is 12.4 Å². The van der Waals surface area contributed by atoms with E-state index in [0.29, 0.717) is 30.5 Å². The number of ether oxygens (including phenoxy) is 1. The van der Waals surface area contributed by atoms with E-state index in [0.717, 1.165) is 55.3 Å². The predicted molar refractivity (Wildman–Crippen MR) is 123 cm³/mol. The lowest BCUT2D eigenvalue weighted by Gasteiger charge is -2.34. The molecule has 1 atom stereocenters. The zero-order valence-corrected chi connectivity index (χ0v) is 19.5. The number of aromatic nitrogens is 3. The maximum Gasteiger partial charge on any atom is 0.225 e. The lowest BCUT2D eigenvalue weighted by Crippen LogP contribution is -2.40. The molecule has 0 radical (unpaired) electrons. The molecule has 0 aromatic carbocycles. The normalized spacial score (nSPS) is 22.4. The highest BCUT2D eigenvalue weighted by molar-refractivity contribution is 7.88. The van der Waals surface area contributed by atoms with E-state index in [9.17, 15) is 8.42 Å². The summed E-state index contributed by atoms with van der Waals surface area (Å²) in [5, 5.41) is 0.547. The lowest BCUT2D eigenvalue weighted by atomic mass is 9.89. The van der Waals surface area contributed by atoms with Gasteiger partial charge in [0.15, 0.2) is 0 Å². The molecule has 0 aliphatic carbocycles. The Kier molecular flexibility index (Phi) is 5.81. The monoisotopic (exact) mass is 475 g/mol. The van der Waals surface area contributed by atoms with Crippen molar-refractivity contribution < 1.29 is 13.2 Å². The van der Waals surface area contributed by atoms with Gasteiger partial charge in [0.1, 0.15) is 11.9 Å². The van der Waals surface area contributed by atoms with Gasteiger partial charge in [-0.3, -0.25) is 4.98 Å². The quantitative estimate of drug-likeness (QED) is 0.671. The molecule has 0 N–H and O–H groups in total. The number of fused-ring (bicyclic) bond motifs is 1. The number of piperidine rings is 1. The fraction of sp³-hybridized carbons (Fsp3) is 0.500. The summed E-state index contributed by atoms with van der Waals surface area (Å²) in [4.78, 5) is 15.5. The molecular weight excluding hydrogens is 450 g/mol. The Morgan fingerprint density at radius 1 is 1.09 bits per heavy atom. The Bertz CT molecular complexity index is 1130. The molecule has 32 heavy (non-hydrogen) atoms. The number of halogens is 1. The van der Waals surface area contributed by atoms with Crippen LogP contribution in [-0.4, -0.2) is 66.2 Å². The predicted octanol–water partition coefficient (Wildman–Crippen LogP) is 2.79. The third kappa shape index (κ3) is 4.46. The van der Waals surface area contributed by atoms with Crippen LogP contribution in [0.2, 0.25) is 5.02 Å². The first-order chi connectivity index (χ1) is 15.4. The highest BCUT2D eigenvalue weighted by Crippen LogP contribution is 2.37. The fourth-order valence-corrected chi connectivity index (χ4v) is 5.60. The van der Waals surface area contributed by atoms with Crippen LogP contribution in [0.1, 0.15) is 30.5 Å². The second kappa shape index (κ2) is 8.61. The minimum absolute atomic E-state index is 0.163. The molecule has 5 rings (SSSR count). The number of hydrogen-bond donors (Lipinski definition) is 0. The Hall–Kier alpha value is -2.23. The van der Waals surface area contributed by atoms with Gasteiger partial charge >= 0.3 is 0 Å². The van der Waals surface area contributed by atoms with Crippen molar-refractivity contribution in [1.29, 1.82) is 0 Å². The number of pyridine rings is 1. The van der Waals surface area contributed by atoms with Crippen LogP contribution in [0.25, 0.3) is 5.57 Å². The van der Waals surface area contributed by atoms with Gasteiger partial charge in [0.05, 0.1) is 35.6 Å². The molecule has 1 fully saturated rings. The van der Waals surface area contributed by atoms with Crippen LogP contribution >= 0.6 is 11.6 Å². The Morgan fingerprint density at radius 3 is 2.50 bits per heavy atom. The van der Waals surface area contributed by atoms with Gasteiger partial charge in [-0.05, 0) is 36.8 Å². The molecule has 10 heteroatoms. The Labute approximate surface area is 193 Å². The molecule has 5 heterocycles. The van der Waals surface area contributed by atoms with Crippen LogP contribution in [0, 0.1) is 5.92 Å². The van der Waals surface area contributed by atoms with Gasteiger partial charge in [-0.15, -0.1) is 0 Å². The van der Waals surface area contributed by atoms with E-state index in [4.69, 9.17) is 16.3 Å². The number of hydrogen-bond acceptors (Lipinski definition) is 7. The van der Waals surface area contributed by atoms with Gasteiger partial charge in [-0.1, -0.05) is 17.7 Å². The number of nitrogens with zero attached hydrogens (tertiary/aromatic N) is 5. The number of anilines is 1. The average Bonchev–Trinajstić information content (AvgIpc) is 3.23. The van der Waals surface area contributed by atoms with E-state index < -0.39 is 10.0 Å². The standard InChI is InChI=1S/C22H26ClN5O3S/c1-32(29,30)28-8-4-15(5-9-28)19-10-17-11-20(31-21(17)14-24-19)16-2-6-27(7-3-16)22-25-12-18(23)13-26-22/h4,10,12-14,16,20H,2-3,5-9,11H2,1H3/t20-/m0/s1. The molecule has 170 valence electrons. The van der Waals surface area contributed by atoms with Gasteiger partial charge in [0, 0.05) is 38.2 Å². The van der Waals surface area contributed by atoms with Gasteiger partial charge < -0.3 is 9.64 Å². The van der Waals surface area contributed by atoms with Crippen molar-refractivity contribution in [2.24, 2.45) is 5.92 Å². The van der Waals surface area contributed by atoms with E-state index in [-0.39, 0.29) is 6.10 Å². The third-order valence-corrected chi connectivity index (χ3v) is 8.04. The first kappa shape index (κ1) is 21.6. The summed E-state index contributed by atoms with van der Waals surface area (Å²) in [5.41, 5.74) is 3.22. The first-order valence-electron chi connectivity index (χ1n) is 10.9. The molecule has 3 aliphatic heterocycles. The smallest absolute Gasteiger partial charge is 0.225 e. The van der Waals surface area contributed by atoms with Crippen LogP contribution in [-0.2, 0) is 16.4 Å². The van der Waals surface area contributed by atoms with Crippen molar-refractivity contribution in [3.8, 4) is 5.75 Å². The summed E-state index contributed by atoms with van der Waals surface area (Å²) in [5.74, 6) is 2.08. The van der Waals surface area contributed by atoms with Gasteiger partial charge in [0.2, 0.25) is 16.0 Å². The average molecular weight is 476 g/mol. The lowest BCUT2D eigenvalue weighted by molar-refractivity contribution is 0.138. The van der Waals surface area contributed by atoms with Crippen molar-refractivity contribution in [1.82, 2.24) is 19.3 Å². The molecule has 0 unspecified atom stereocenters. The van der Waals surface area contributed by atoms with Gasteiger partial charge in [-0.25, -0.2) is 18.4 Å². The number of rotatable bonds is 4. The van der Waals surface area contributed by atoms with Crippen LogP contribution < -0.4 is 9.64 Å². The molecule has 2 aromatic rings. The summed E-state index contributed by atoms with van der Waals surface area (Å²) in [7, 11) is -3.15. The molecule has 0 bridgehead atoms. The van der Waals surface area contributed by atoms with Crippen molar-refractivity contribution >= 4 is 33.1 Å². The first-order valence-corrected chi connectivity index (χ1v) is 13.1. The summed E-state index contributed by atoms with van der Waals surface area (Å²) in [6.07, 6.45) is 12.1. The Morgan fingerprint density at radius 2 is 1.84 bits per heavy atom. The molecule has 0 amide bonds. The number of sulfonamides is 1. The molecule has 0 spiro atoms. The van der Waals surface area contributed by atoms with E-state index in [1.807, 2.05) is 12.3 Å². The fourth-order valence-electron chi connectivity index (χ4n) is 4.73. The summed E-state index contributed by atoms with van der Waals surface area (Å²) in [6, 6.07) is 2.12. The maximum absolute atomic E-state index is 11.7. The minimum Gasteiger partial charge on any atom is -0.488 e. The molecular formula is C22H26ClN5O3S. The van der Waals surface area contributed by atoms with Crippen LogP contribution in [0.5, 0.6) is 5.75 Å². The summed E-state index contributed by atoms with van der Waals surface area (Å²) >= 11 is 5.89. The van der Waals surface area contributed by atoms with E-state index >= 15 is 0 Å². The summed E-state index contributed by atoms with van der Waals surface area (Å²) in [6.45, 7) is 2.70. The van der Waals surface area contributed by atoms with Gasteiger partial charge in [0.25, 0.3) is 0 Å². The van der Waals surface area contributed by atoms with Crippen molar-refractivity contribution in [2.45, 2.75) is 31.8 Å². The topological polar surface area (TPSA) is 88.5 Å². The van der Waals surface area contributed by atoms with Crippen LogP contribution in [0.15, 0.2) is 30.7 Å². The highest BCUT2D eigenvalue weighted by Gasteiger charge is 2.34. The largest absolute Gasteiger partial charge is 0.488 e. The van der Waals surface area contributed by atoms with Crippen LogP contribution in [0.3, 0.4) is 0 Å². The van der Waals surface area contributed by atoms with E-state index in [2.05, 4.69) is 25.9 Å². The van der Waals surface area contributed by atoms with Crippen molar-refractivity contribution in [3.63, 3.8) is 0 Å². The Balaban J connectivity index is 1.21. The molecule has 1 saturated heterocycles. The summed E-state index contributed by atoms with van der Waals surface area (Å²) < 4.78 is 31.2. The second-order valence-corrected chi connectivity index (χ2v) is 11.1. The maximum atomic E-state index is 11.7. The minimum atomic E-state index is -3.15. The van der Waals surface area contributed by atoms with Crippen LogP contribution in [0.4, 0.5) is 5.95 Å². The third-order valence-electron chi connectivity index (χ3n) is 6.57. The molecule has 0 saturated carbocycles. The second-order valence-electron chi connectivity index (χ2n) is 8.66. The van der Waals surface area contributed by atoms with Crippen molar-refractivity contribution in [3.05, 3.63) is 47.0 Å². The zero-order valence-electron chi connectivity index (χ0n) is 17.9. The molecule has 3 aliphatic rings. The highest BCUT2D eigenvalue weighted by atomic mass is 35.5. The van der Waals surface area contributed by atoms with Crippen molar-refractivity contribution in [2.75, 3.05) is 37.3 Å². The zero-order chi connectivity index (χ0) is 22.3. The van der Waals surface area contributed by atoms with E-state index in [1.165, 1.54) is 16.1 Å².